The molecule has 1 amide bonds. The van der Waals surface area contributed by atoms with Gasteiger partial charge >= 0.3 is 5.69 Å². The summed E-state index contributed by atoms with van der Waals surface area (Å²) in [7, 11) is 0. The minimum atomic E-state index is -0.740. The Kier molecular flexibility index (Phi) is 4.58. The Morgan fingerprint density at radius 3 is 2.74 bits per heavy atom. The van der Waals surface area contributed by atoms with Crippen LogP contribution in [0.4, 0.5) is 5.69 Å². The first-order valence-corrected chi connectivity index (χ1v) is 6.91. The molecule has 2 rings (SSSR count). The number of hydrogen-bond donors (Lipinski definition) is 1. The Morgan fingerprint density at radius 1 is 1.52 bits per heavy atom. The van der Waals surface area contributed by atoms with Gasteiger partial charge in [-0.2, -0.15) is 10.2 Å². The quantitative estimate of drug-likeness (QED) is 0.514. The Hall–Kier alpha value is -2.97. The van der Waals surface area contributed by atoms with Gasteiger partial charge in [0.15, 0.2) is 0 Å². The van der Waals surface area contributed by atoms with E-state index in [2.05, 4.69) is 15.6 Å². The minimum absolute atomic E-state index is 0.0834. The molecule has 0 saturated carbocycles. The van der Waals surface area contributed by atoms with E-state index >= 15 is 0 Å². The molecule has 0 radical (unpaired) electrons. The van der Waals surface area contributed by atoms with E-state index in [0.29, 0.717) is 17.2 Å². The zero-order valence-corrected chi connectivity index (χ0v) is 13.2. The molecule has 0 fully saturated rings. The van der Waals surface area contributed by atoms with Crippen molar-refractivity contribution in [2.24, 2.45) is 5.10 Å². The van der Waals surface area contributed by atoms with Crippen LogP contribution in [0.1, 0.15) is 37.0 Å². The highest BCUT2D eigenvalue weighted by Crippen LogP contribution is 2.24. The lowest BCUT2D eigenvalue weighted by Crippen LogP contribution is -2.29. The van der Waals surface area contributed by atoms with Crippen LogP contribution in [0.25, 0.3) is 0 Å². The Morgan fingerprint density at radius 2 is 2.22 bits per heavy atom. The van der Waals surface area contributed by atoms with Gasteiger partial charge in [-0.05, 0) is 39.8 Å². The Labute approximate surface area is 132 Å². The predicted molar refractivity (Wildman–Crippen MR) is 82.1 cm³/mol. The van der Waals surface area contributed by atoms with E-state index in [-0.39, 0.29) is 11.4 Å². The number of carbonyl (C=O) groups is 1. The maximum atomic E-state index is 12.2. The van der Waals surface area contributed by atoms with Crippen molar-refractivity contribution < 1.29 is 14.1 Å². The van der Waals surface area contributed by atoms with E-state index in [4.69, 9.17) is 4.42 Å². The number of nitrogens with one attached hydrogen (secondary N) is 1. The van der Waals surface area contributed by atoms with Crippen LogP contribution >= 0.6 is 0 Å². The van der Waals surface area contributed by atoms with Crippen molar-refractivity contribution in [1.29, 1.82) is 0 Å². The highest BCUT2D eigenvalue weighted by molar-refractivity contribution is 5.96. The zero-order chi connectivity index (χ0) is 17.1. The minimum Gasteiger partial charge on any atom is -0.463 e. The van der Waals surface area contributed by atoms with Crippen molar-refractivity contribution in [3.8, 4) is 0 Å². The fraction of sp³-hybridized carbons (Fsp3) is 0.357. The van der Waals surface area contributed by atoms with Crippen LogP contribution in [0, 0.1) is 24.0 Å². The standard InChI is InChI=1S/C14H17N5O4/c1-8(12-6-5-7-23-12)15-16-14(20)11(4)18-10(3)13(19(21)22)9(2)17-18/h5-7,11H,1-4H3,(H,16,20)/b15-8+. The number of aromatic nitrogens is 2. The Bertz CT molecular complexity index is 760. The highest BCUT2D eigenvalue weighted by atomic mass is 16.6. The van der Waals surface area contributed by atoms with Gasteiger partial charge in [-0.3, -0.25) is 19.6 Å². The number of nitro groups is 1. The summed E-state index contributed by atoms with van der Waals surface area (Å²) in [5.74, 6) is 0.108. The Balaban J connectivity index is 2.16. The fourth-order valence-electron chi connectivity index (χ4n) is 2.18. The van der Waals surface area contributed by atoms with Crippen LogP contribution in [-0.2, 0) is 4.79 Å². The average Bonchev–Trinajstić information content (AvgIpc) is 3.11. The van der Waals surface area contributed by atoms with E-state index in [1.54, 1.807) is 32.9 Å². The largest absolute Gasteiger partial charge is 0.463 e. The smallest absolute Gasteiger partial charge is 0.312 e. The third-order valence-corrected chi connectivity index (χ3v) is 3.43. The van der Waals surface area contributed by atoms with Gasteiger partial charge < -0.3 is 4.42 Å². The maximum absolute atomic E-state index is 12.2. The molecule has 2 aromatic heterocycles. The lowest BCUT2D eigenvalue weighted by Gasteiger charge is -2.12. The van der Waals surface area contributed by atoms with Crippen molar-refractivity contribution in [2.45, 2.75) is 33.7 Å². The number of furan rings is 1. The second-order valence-electron chi connectivity index (χ2n) is 5.05. The molecule has 0 spiro atoms. The summed E-state index contributed by atoms with van der Waals surface area (Å²) in [5, 5.41) is 19.0. The molecule has 9 heteroatoms. The number of carbonyl (C=O) groups excluding carboxylic acids is 1. The summed E-state index contributed by atoms with van der Waals surface area (Å²) in [6, 6.07) is 2.70. The van der Waals surface area contributed by atoms with Gasteiger partial charge in [-0.15, -0.1) is 0 Å². The number of aryl methyl sites for hydroxylation is 1. The van der Waals surface area contributed by atoms with E-state index < -0.39 is 16.9 Å². The molecule has 0 saturated heterocycles. The number of nitrogens with zero attached hydrogens (tertiary/aromatic N) is 4. The predicted octanol–water partition coefficient (Wildman–Crippen LogP) is 2.10. The van der Waals surface area contributed by atoms with E-state index in [1.807, 2.05) is 0 Å². The molecule has 23 heavy (non-hydrogen) atoms. The number of hydrogen-bond acceptors (Lipinski definition) is 6. The van der Waals surface area contributed by atoms with Gasteiger partial charge in [0.25, 0.3) is 5.91 Å². The molecule has 0 aliphatic carbocycles. The first-order valence-electron chi connectivity index (χ1n) is 6.91. The van der Waals surface area contributed by atoms with Crippen LogP contribution in [-0.4, -0.2) is 26.3 Å². The van der Waals surface area contributed by atoms with Gasteiger partial charge in [0.05, 0.1) is 11.2 Å². The second kappa shape index (κ2) is 6.42. The molecule has 122 valence electrons. The van der Waals surface area contributed by atoms with Crippen LogP contribution < -0.4 is 5.43 Å². The molecule has 0 aliphatic rings. The maximum Gasteiger partial charge on any atom is 0.312 e. The lowest BCUT2D eigenvalue weighted by atomic mass is 10.3. The fourth-order valence-corrected chi connectivity index (χ4v) is 2.18. The second-order valence-corrected chi connectivity index (χ2v) is 5.05. The van der Waals surface area contributed by atoms with Crippen LogP contribution in [0.2, 0.25) is 0 Å². The number of hydrazone groups is 1. The topological polar surface area (TPSA) is 116 Å². The summed E-state index contributed by atoms with van der Waals surface area (Å²) in [6.07, 6.45) is 1.51. The van der Waals surface area contributed by atoms with Crippen molar-refractivity contribution in [3.63, 3.8) is 0 Å². The van der Waals surface area contributed by atoms with Gasteiger partial charge in [0.1, 0.15) is 28.9 Å². The normalized spacial score (nSPS) is 13.0. The van der Waals surface area contributed by atoms with Crippen molar-refractivity contribution in [1.82, 2.24) is 15.2 Å². The third-order valence-electron chi connectivity index (χ3n) is 3.43. The number of rotatable bonds is 5. The molecule has 1 atom stereocenters. The van der Waals surface area contributed by atoms with E-state index in [0.717, 1.165) is 0 Å². The molecular formula is C14H17N5O4. The highest BCUT2D eigenvalue weighted by Gasteiger charge is 2.26. The summed E-state index contributed by atoms with van der Waals surface area (Å²) in [4.78, 5) is 22.7. The summed E-state index contributed by atoms with van der Waals surface area (Å²) in [6.45, 7) is 6.37. The van der Waals surface area contributed by atoms with Crippen molar-refractivity contribution in [2.75, 3.05) is 0 Å². The van der Waals surface area contributed by atoms with Crippen LogP contribution in [0.5, 0.6) is 0 Å². The molecule has 0 aliphatic heterocycles. The molecule has 1 unspecified atom stereocenters. The molecule has 1 N–H and O–H groups in total. The van der Waals surface area contributed by atoms with Gasteiger partial charge in [-0.25, -0.2) is 5.43 Å². The summed E-state index contributed by atoms with van der Waals surface area (Å²) < 4.78 is 6.48. The van der Waals surface area contributed by atoms with E-state index in [1.165, 1.54) is 17.9 Å². The van der Waals surface area contributed by atoms with Gasteiger partial charge in [0.2, 0.25) is 0 Å². The monoisotopic (exact) mass is 319 g/mol. The molecule has 2 heterocycles. The van der Waals surface area contributed by atoms with Crippen LogP contribution in [0.3, 0.4) is 0 Å². The molecule has 0 bridgehead atoms. The molecule has 0 aromatic carbocycles. The van der Waals surface area contributed by atoms with Gasteiger partial charge in [-0.1, -0.05) is 0 Å². The van der Waals surface area contributed by atoms with Gasteiger partial charge in [0, 0.05) is 0 Å². The molecule has 9 nitrogen and oxygen atoms in total. The first kappa shape index (κ1) is 16.4. The SMILES string of the molecule is C/C(=N\NC(=O)C(C)n1nc(C)c([N+](=O)[O-])c1C)c1ccco1. The summed E-state index contributed by atoms with van der Waals surface area (Å²) in [5.41, 5.74) is 3.43. The first-order chi connectivity index (χ1) is 10.8. The zero-order valence-electron chi connectivity index (χ0n) is 13.2. The van der Waals surface area contributed by atoms with Crippen molar-refractivity contribution >= 4 is 17.3 Å². The lowest BCUT2D eigenvalue weighted by molar-refractivity contribution is -0.386. The van der Waals surface area contributed by atoms with Crippen LogP contribution in [0.15, 0.2) is 27.9 Å². The van der Waals surface area contributed by atoms with E-state index in [9.17, 15) is 14.9 Å². The average molecular weight is 319 g/mol. The molecular weight excluding hydrogens is 302 g/mol. The molecule has 2 aromatic rings. The third kappa shape index (κ3) is 3.28. The number of amides is 1. The van der Waals surface area contributed by atoms with Crippen molar-refractivity contribution in [3.05, 3.63) is 45.7 Å². The summed E-state index contributed by atoms with van der Waals surface area (Å²) >= 11 is 0.